The molecule has 2 fully saturated rings. The lowest BCUT2D eigenvalue weighted by molar-refractivity contribution is 0.120. The molecule has 1 saturated heterocycles. The fraction of sp³-hybridized carbons (Fsp3) is 1.00. The SMILES string of the molecule is NCCN1CCOC[C@@H]2CCC[C@H]21. The quantitative estimate of drug-likeness (QED) is 0.677. The van der Waals surface area contributed by atoms with Crippen LogP contribution < -0.4 is 5.73 Å². The minimum absolute atomic E-state index is 0.769. The van der Waals surface area contributed by atoms with E-state index < -0.39 is 0 Å². The van der Waals surface area contributed by atoms with E-state index in [1.165, 1.54) is 19.3 Å². The van der Waals surface area contributed by atoms with Gasteiger partial charge in [-0.2, -0.15) is 0 Å². The van der Waals surface area contributed by atoms with Crippen molar-refractivity contribution in [3.63, 3.8) is 0 Å². The smallest absolute Gasteiger partial charge is 0.0593 e. The van der Waals surface area contributed by atoms with Gasteiger partial charge in [0.15, 0.2) is 0 Å². The summed E-state index contributed by atoms with van der Waals surface area (Å²) in [7, 11) is 0. The molecular formula is C10H20N2O. The summed E-state index contributed by atoms with van der Waals surface area (Å²) in [5.41, 5.74) is 5.61. The van der Waals surface area contributed by atoms with Crippen LogP contribution in [0.3, 0.4) is 0 Å². The van der Waals surface area contributed by atoms with E-state index in [1.807, 2.05) is 0 Å². The second kappa shape index (κ2) is 4.40. The Kier molecular flexibility index (Phi) is 3.19. The van der Waals surface area contributed by atoms with E-state index in [0.717, 1.165) is 44.8 Å². The summed E-state index contributed by atoms with van der Waals surface area (Å²) in [4.78, 5) is 2.53. The summed E-state index contributed by atoms with van der Waals surface area (Å²) < 4.78 is 5.60. The van der Waals surface area contributed by atoms with E-state index in [9.17, 15) is 0 Å². The van der Waals surface area contributed by atoms with Gasteiger partial charge in [-0.15, -0.1) is 0 Å². The van der Waals surface area contributed by atoms with Crippen molar-refractivity contribution in [2.24, 2.45) is 11.7 Å². The predicted octanol–water partition coefficient (Wildman–Crippen LogP) is 0.446. The Bertz CT molecular complexity index is 163. The van der Waals surface area contributed by atoms with Crippen molar-refractivity contribution in [3.05, 3.63) is 0 Å². The molecule has 0 amide bonds. The van der Waals surface area contributed by atoms with Crippen LogP contribution in [0, 0.1) is 5.92 Å². The van der Waals surface area contributed by atoms with Crippen molar-refractivity contribution < 1.29 is 4.74 Å². The summed E-state index contributed by atoms with van der Waals surface area (Å²) in [5.74, 6) is 0.786. The first-order valence-electron chi connectivity index (χ1n) is 5.43. The summed E-state index contributed by atoms with van der Waals surface area (Å²) in [6.07, 6.45) is 4.08. The normalized spacial score (nSPS) is 35.8. The molecule has 0 radical (unpaired) electrons. The summed E-state index contributed by atoms with van der Waals surface area (Å²) >= 11 is 0. The van der Waals surface area contributed by atoms with Crippen molar-refractivity contribution in [3.8, 4) is 0 Å². The van der Waals surface area contributed by atoms with Gasteiger partial charge in [0, 0.05) is 25.7 Å². The molecule has 3 heteroatoms. The van der Waals surface area contributed by atoms with E-state index >= 15 is 0 Å². The topological polar surface area (TPSA) is 38.5 Å². The van der Waals surface area contributed by atoms with Gasteiger partial charge in [-0.25, -0.2) is 0 Å². The molecule has 2 N–H and O–H groups in total. The number of fused-ring (bicyclic) bond motifs is 1. The van der Waals surface area contributed by atoms with E-state index in [4.69, 9.17) is 10.5 Å². The summed E-state index contributed by atoms with van der Waals surface area (Å²) in [6.45, 7) is 4.78. The highest BCUT2D eigenvalue weighted by Gasteiger charge is 2.33. The third-order valence-electron chi connectivity index (χ3n) is 3.36. The molecule has 2 rings (SSSR count). The Morgan fingerprint density at radius 3 is 3.15 bits per heavy atom. The van der Waals surface area contributed by atoms with Gasteiger partial charge < -0.3 is 10.5 Å². The van der Waals surface area contributed by atoms with Crippen LogP contribution in [0.25, 0.3) is 0 Å². The van der Waals surface area contributed by atoms with E-state index in [2.05, 4.69) is 4.90 Å². The van der Waals surface area contributed by atoms with Crippen LogP contribution in [0.15, 0.2) is 0 Å². The summed E-state index contributed by atoms with van der Waals surface area (Å²) in [5, 5.41) is 0. The van der Waals surface area contributed by atoms with Crippen LogP contribution in [-0.2, 0) is 4.74 Å². The molecule has 0 aromatic rings. The van der Waals surface area contributed by atoms with E-state index in [0.29, 0.717) is 0 Å². The van der Waals surface area contributed by atoms with Gasteiger partial charge in [0.05, 0.1) is 13.2 Å². The maximum atomic E-state index is 5.61. The Morgan fingerprint density at radius 2 is 2.31 bits per heavy atom. The van der Waals surface area contributed by atoms with Gasteiger partial charge in [-0.05, 0) is 18.8 Å². The first-order chi connectivity index (χ1) is 6.42. The molecule has 1 aliphatic heterocycles. The molecule has 1 heterocycles. The highest BCUT2D eigenvalue weighted by Crippen LogP contribution is 2.31. The van der Waals surface area contributed by atoms with Crippen molar-refractivity contribution in [1.29, 1.82) is 0 Å². The average Bonchev–Trinajstić information content (AvgIpc) is 2.52. The van der Waals surface area contributed by atoms with E-state index in [-0.39, 0.29) is 0 Å². The van der Waals surface area contributed by atoms with Gasteiger partial charge in [0.2, 0.25) is 0 Å². The molecular weight excluding hydrogens is 164 g/mol. The lowest BCUT2D eigenvalue weighted by Gasteiger charge is -2.29. The number of rotatable bonds is 2. The first kappa shape index (κ1) is 9.44. The Morgan fingerprint density at radius 1 is 1.38 bits per heavy atom. The zero-order valence-electron chi connectivity index (χ0n) is 8.24. The van der Waals surface area contributed by atoms with Crippen molar-refractivity contribution >= 4 is 0 Å². The van der Waals surface area contributed by atoms with Gasteiger partial charge >= 0.3 is 0 Å². The number of nitrogens with zero attached hydrogens (tertiary/aromatic N) is 1. The number of hydrogen-bond donors (Lipinski definition) is 1. The first-order valence-corrected chi connectivity index (χ1v) is 5.43. The molecule has 0 aromatic carbocycles. The molecule has 3 nitrogen and oxygen atoms in total. The number of ether oxygens (including phenoxy) is 1. The number of nitrogens with two attached hydrogens (primary N) is 1. The molecule has 0 unspecified atom stereocenters. The Hall–Kier alpha value is -0.120. The number of hydrogen-bond acceptors (Lipinski definition) is 3. The molecule has 2 atom stereocenters. The highest BCUT2D eigenvalue weighted by molar-refractivity contribution is 4.87. The van der Waals surface area contributed by atoms with Crippen LogP contribution in [0.5, 0.6) is 0 Å². The third-order valence-corrected chi connectivity index (χ3v) is 3.36. The van der Waals surface area contributed by atoms with Gasteiger partial charge in [-0.3, -0.25) is 4.90 Å². The molecule has 76 valence electrons. The maximum Gasteiger partial charge on any atom is 0.0593 e. The average molecular weight is 184 g/mol. The molecule has 0 bridgehead atoms. The fourth-order valence-electron chi connectivity index (χ4n) is 2.72. The largest absolute Gasteiger partial charge is 0.380 e. The van der Waals surface area contributed by atoms with Crippen molar-refractivity contribution in [1.82, 2.24) is 4.90 Å². The van der Waals surface area contributed by atoms with Crippen LogP contribution in [-0.4, -0.2) is 43.8 Å². The lowest BCUT2D eigenvalue weighted by atomic mass is 10.0. The zero-order chi connectivity index (χ0) is 9.10. The van der Waals surface area contributed by atoms with Crippen molar-refractivity contribution in [2.75, 3.05) is 32.8 Å². The molecule has 0 spiro atoms. The molecule has 2 aliphatic rings. The zero-order valence-corrected chi connectivity index (χ0v) is 8.24. The van der Waals surface area contributed by atoms with Crippen LogP contribution in [0.1, 0.15) is 19.3 Å². The van der Waals surface area contributed by atoms with Crippen LogP contribution >= 0.6 is 0 Å². The van der Waals surface area contributed by atoms with E-state index in [1.54, 1.807) is 0 Å². The lowest BCUT2D eigenvalue weighted by Crippen LogP contribution is -2.41. The Balaban J connectivity index is 1.98. The van der Waals surface area contributed by atoms with Crippen LogP contribution in [0.4, 0.5) is 0 Å². The summed E-state index contributed by atoms with van der Waals surface area (Å²) in [6, 6.07) is 0.769. The second-order valence-electron chi connectivity index (χ2n) is 4.16. The molecule has 1 saturated carbocycles. The van der Waals surface area contributed by atoms with Crippen LogP contribution in [0.2, 0.25) is 0 Å². The standard InChI is InChI=1S/C10H20N2O/c11-4-5-12-6-7-13-8-9-2-1-3-10(9)12/h9-10H,1-8,11H2/t9-,10+/m0/s1. The maximum absolute atomic E-state index is 5.61. The minimum Gasteiger partial charge on any atom is -0.380 e. The molecule has 1 aliphatic carbocycles. The monoisotopic (exact) mass is 184 g/mol. The van der Waals surface area contributed by atoms with Gasteiger partial charge in [0.1, 0.15) is 0 Å². The molecule has 13 heavy (non-hydrogen) atoms. The highest BCUT2D eigenvalue weighted by atomic mass is 16.5. The van der Waals surface area contributed by atoms with Crippen molar-refractivity contribution in [2.45, 2.75) is 25.3 Å². The second-order valence-corrected chi connectivity index (χ2v) is 4.16. The predicted molar refractivity (Wildman–Crippen MR) is 52.6 cm³/mol. The third kappa shape index (κ3) is 2.03. The fourth-order valence-corrected chi connectivity index (χ4v) is 2.72. The van der Waals surface area contributed by atoms with Gasteiger partial charge in [0.25, 0.3) is 0 Å². The Labute approximate surface area is 80.2 Å². The molecule has 0 aromatic heterocycles. The van der Waals surface area contributed by atoms with Gasteiger partial charge in [-0.1, -0.05) is 6.42 Å². The minimum atomic E-state index is 0.769.